The Labute approximate surface area is 152 Å². The van der Waals surface area contributed by atoms with E-state index in [4.69, 9.17) is 5.73 Å². The maximum atomic E-state index is 9.53. The van der Waals surface area contributed by atoms with Crippen LogP contribution in [0.3, 0.4) is 0 Å². The van der Waals surface area contributed by atoms with E-state index in [2.05, 4.69) is 40.3 Å². The summed E-state index contributed by atoms with van der Waals surface area (Å²) in [6.07, 6.45) is 0.731. The van der Waals surface area contributed by atoms with Crippen LogP contribution < -0.4 is 11.1 Å². The number of aryl methyl sites for hydroxylation is 2. The third kappa shape index (κ3) is 3.18. The summed E-state index contributed by atoms with van der Waals surface area (Å²) < 4.78 is 1.57. The van der Waals surface area contributed by atoms with Crippen molar-refractivity contribution in [2.45, 2.75) is 40.0 Å². The van der Waals surface area contributed by atoms with E-state index in [1.54, 1.807) is 4.52 Å². The molecule has 0 spiro atoms. The zero-order valence-electron chi connectivity index (χ0n) is 15.5. The van der Waals surface area contributed by atoms with Gasteiger partial charge in [0.2, 0.25) is 0 Å². The molecule has 0 aromatic carbocycles. The number of nitriles is 1. The van der Waals surface area contributed by atoms with Gasteiger partial charge in [-0.1, -0.05) is 19.9 Å². The topological polar surface area (TPSA) is 105 Å². The SMILES string of the molecule is Cc1cccc(CCNc2nc3c(C(C)C)c(C)nn3c(N)c2C#N)n1. The molecule has 3 N–H and O–H groups in total. The summed E-state index contributed by atoms with van der Waals surface area (Å²) in [6, 6.07) is 8.09. The lowest BCUT2D eigenvalue weighted by atomic mass is 10.0. The number of pyridine rings is 1. The Morgan fingerprint density at radius 2 is 2.04 bits per heavy atom. The molecule has 0 bridgehead atoms. The van der Waals surface area contributed by atoms with Gasteiger partial charge in [0, 0.05) is 29.9 Å². The summed E-state index contributed by atoms with van der Waals surface area (Å²) in [5.74, 6) is 1.06. The fourth-order valence-corrected chi connectivity index (χ4v) is 3.15. The molecule has 0 aliphatic carbocycles. The number of anilines is 2. The smallest absolute Gasteiger partial charge is 0.163 e. The lowest BCUT2D eigenvalue weighted by Crippen LogP contribution is -2.13. The van der Waals surface area contributed by atoms with E-state index < -0.39 is 0 Å². The highest BCUT2D eigenvalue weighted by molar-refractivity contribution is 5.70. The number of hydrogen-bond acceptors (Lipinski definition) is 6. The fraction of sp³-hybridized carbons (Fsp3) is 0.368. The van der Waals surface area contributed by atoms with Gasteiger partial charge >= 0.3 is 0 Å². The third-order valence-corrected chi connectivity index (χ3v) is 4.33. The van der Waals surface area contributed by atoms with E-state index in [-0.39, 0.29) is 5.92 Å². The second-order valence-corrected chi connectivity index (χ2v) is 6.67. The average molecular weight is 349 g/mol. The molecule has 134 valence electrons. The van der Waals surface area contributed by atoms with Crippen molar-refractivity contribution >= 4 is 17.3 Å². The second kappa shape index (κ2) is 7.00. The van der Waals surface area contributed by atoms with Crippen molar-refractivity contribution in [2.75, 3.05) is 17.6 Å². The van der Waals surface area contributed by atoms with Gasteiger partial charge in [-0.3, -0.25) is 4.98 Å². The van der Waals surface area contributed by atoms with Gasteiger partial charge in [-0.05, 0) is 31.9 Å². The molecule has 0 atom stereocenters. The minimum atomic E-state index is 0.261. The fourth-order valence-electron chi connectivity index (χ4n) is 3.15. The lowest BCUT2D eigenvalue weighted by Gasteiger charge is -2.11. The number of nitrogen functional groups attached to an aromatic ring is 1. The van der Waals surface area contributed by atoms with Crippen LogP contribution in [-0.2, 0) is 6.42 Å². The Balaban J connectivity index is 1.94. The first-order valence-electron chi connectivity index (χ1n) is 8.67. The van der Waals surface area contributed by atoms with Crippen molar-refractivity contribution in [1.82, 2.24) is 19.6 Å². The summed E-state index contributed by atoms with van der Waals surface area (Å²) in [7, 11) is 0. The van der Waals surface area contributed by atoms with Gasteiger partial charge in [0.25, 0.3) is 0 Å². The summed E-state index contributed by atoms with van der Waals surface area (Å²) >= 11 is 0. The van der Waals surface area contributed by atoms with Gasteiger partial charge in [-0.25, -0.2) is 4.98 Å². The van der Waals surface area contributed by atoms with Crippen LogP contribution in [0.25, 0.3) is 5.65 Å². The van der Waals surface area contributed by atoms with Crippen LogP contribution >= 0.6 is 0 Å². The number of nitrogens with zero attached hydrogens (tertiary/aromatic N) is 5. The molecular weight excluding hydrogens is 326 g/mol. The first-order chi connectivity index (χ1) is 12.4. The van der Waals surface area contributed by atoms with Crippen LogP contribution in [0.4, 0.5) is 11.6 Å². The average Bonchev–Trinajstić information content (AvgIpc) is 2.92. The molecule has 0 amide bonds. The van der Waals surface area contributed by atoms with Crippen LogP contribution in [0.5, 0.6) is 0 Å². The van der Waals surface area contributed by atoms with Crippen LogP contribution in [0, 0.1) is 25.2 Å². The van der Waals surface area contributed by atoms with E-state index in [1.807, 2.05) is 32.0 Å². The first kappa shape index (κ1) is 17.7. The van der Waals surface area contributed by atoms with Crippen LogP contribution in [0.1, 0.15) is 48.0 Å². The molecule has 7 nitrogen and oxygen atoms in total. The summed E-state index contributed by atoms with van der Waals surface area (Å²) in [5, 5.41) is 17.2. The molecular formula is C19H23N7. The Morgan fingerprint density at radius 1 is 1.27 bits per heavy atom. The molecule has 3 heterocycles. The molecule has 0 aliphatic rings. The van der Waals surface area contributed by atoms with Crippen molar-refractivity contribution in [1.29, 1.82) is 5.26 Å². The molecule has 0 saturated heterocycles. The van der Waals surface area contributed by atoms with Gasteiger partial charge in [0.15, 0.2) is 5.65 Å². The molecule has 3 rings (SSSR count). The van der Waals surface area contributed by atoms with Crippen molar-refractivity contribution < 1.29 is 0 Å². The zero-order valence-corrected chi connectivity index (χ0v) is 15.5. The van der Waals surface area contributed by atoms with Gasteiger partial charge in [0.05, 0.1) is 5.69 Å². The predicted octanol–water partition coefficient (Wildman–Crippen LogP) is 2.97. The molecule has 0 fully saturated rings. The quantitative estimate of drug-likeness (QED) is 0.733. The van der Waals surface area contributed by atoms with Gasteiger partial charge in [-0.15, -0.1) is 0 Å². The Kier molecular flexibility index (Phi) is 4.76. The zero-order chi connectivity index (χ0) is 18.8. The lowest BCUT2D eigenvalue weighted by molar-refractivity contribution is 0.860. The van der Waals surface area contributed by atoms with E-state index in [9.17, 15) is 5.26 Å². The Bertz CT molecular complexity index is 995. The van der Waals surface area contributed by atoms with Crippen molar-refractivity contribution in [3.05, 3.63) is 46.4 Å². The number of hydrogen-bond donors (Lipinski definition) is 2. The minimum Gasteiger partial charge on any atom is -0.382 e. The van der Waals surface area contributed by atoms with E-state index in [0.717, 1.165) is 29.1 Å². The molecule has 0 saturated carbocycles. The molecule has 0 aliphatic heterocycles. The highest BCUT2D eigenvalue weighted by Gasteiger charge is 2.20. The number of aromatic nitrogens is 4. The van der Waals surface area contributed by atoms with Gasteiger partial charge < -0.3 is 11.1 Å². The molecule has 0 radical (unpaired) electrons. The van der Waals surface area contributed by atoms with E-state index in [0.29, 0.717) is 29.4 Å². The largest absolute Gasteiger partial charge is 0.382 e. The molecule has 3 aromatic heterocycles. The number of fused-ring (bicyclic) bond motifs is 1. The molecule has 26 heavy (non-hydrogen) atoms. The monoisotopic (exact) mass is 349 g/mol. The van der Waals surface area contributed by atoms with Crippen molar-refractivity contribution in [3.8, 4) is 6.07 Å². The highest BCUT2D eigenvalue weighted by Crippen LogP contribution is 2.28. The summed E-state index contributed by atoms with van der Waals surface area (Å²) in [6.45, 7) is 8.70. The van der Waals surface area contributed by atoms with E-state index >= 15 is 0 Å². The van der Waals surface area contributed by atoms with Gasteiger partial charge in [-0.2, -0.15) is 14.9 Å². The first-order valence-corrected chi connectivity index (χ1v) is 8.67. The number of rotatable bonds is 5. The maximum absolute atomic E-state index is 9.53. The maximum Gasteiger partial charge on any atom is 0.163 e. The van der Waals surface area contributed by atoms with Crippen molar-refractivity contribution in [2.24, 2.45) is 0 Å². The molecule has 0 unspecified atom stereocenters. The normalized spacial score (nSPS) is 11.1. The van der Waals surface area contributed by atoms with Crippen LogP contribution in [-0.4, -0.2) is 26.1 Å². The predicted molar refractivity (Wildman–Crippen MR) is 102 cm³/mol. The van der Waals surface area contributed by atoms with E-state index in [1.165, 1.54) is 0 Å². The number of nitrogens with two attached hydrogens (primary N) is 1. The summed E-state index contributed by atoms with van der Waals surface area (Å²) in [4.78, 5) is 9.15. The summed E-state index contributed by atoms with van der Waals surface area (Å²) in [5.41, 5.74) is 11.1. The van der Waals surface area contributed by atoms with Gasteiger partial charge in [0.1, 0.15) is 23.3 Å². The Morgan fingerprint density at radius 3 is 2.69 bits per heavy atom. The molecule has 3 aromatic rings. The Hall–Kier alpha value is -3.14. The third-order valence-electron chi connectivity index (χ3n) is 4.33. The second-order valence-electron chi connectivity index (χ2n) is 6.67. The number of nitrogens with one attached hydrogen (secondary N) is 1. The van der Waals surface area contributed by atoms with Crippen LogP contribution in [0.15, 0.2) is 18.2 Å². The highest BCUT2D eigenvalue weighted by atomic mass is 15.3. The standard InChI is InChI=1S/C19H23N7/c1-11(2)16-13(4)25-26-17(21)15(10-20)18(24-19(16)26)22-9-8-14-7-5-6-12(3)23-14/h5-7,11H,8-9,21H2,1-4H3,(H,22,24). The molecule has 7 heteroatoms. The minimum absolute atomic E-state index is 0.261. The van der Waals surface area contributed by atoms with Crippen molar-refractivity contribution in [3.63, 3.8) is 0 Å². The van der Waals surface area contributed by atoms with Crippen LogP contribution in [0.2, 0.25) is 0 Å².